The Morgan fingerprint density at radius 2 is 2.11 bits per heavy atom. The second-order valence-electron chi connectivity index (χ2n) is 5.99. The minimum absolute atomic E-state index is 0.464. The van der Waals surface area contributed by atoms with Gasteiger partial charge in [-0.2, -0.15) is 0 Å². The first kappa shape index (κ1) is 14.5. The van der Waals surface area contributed by atoms with Crippen molar-refractivity contribution in [3.05, 3.63) is 12.2 Å². The highest BCUT2D eigenvalue weighted by Crippen LogP contribution is 2.28. The quantitative estimate of drug-likeness (QED) is 0.852. The number of rotatable bonds is 6. The number of hydrogen-bond acceptors (Lipinski definition) is 4. The van der Waals surface area contributed by atoms with Crippen LogP contribution >= 0.6 is 0 Å². The highest BCUT2D eigenvalue weighted by Gasteiger charge is 2.18. The molecule has 0 saturated heterocycles. The van der Waals surface area contributed by atoms with Gasteiger partial charge in [-0.25, -0.2) is 0 Å². The van der Waals surface area contributed by atoms with E-state index in [1.807, 2.05) is 6.33 Å². The molecule has 1 aliphatic carbocycles. The molecule has 2 rings (SSSR count). The molecule has 1 N–H and O–H groups in total. The van der Waals surface area contributed by atoms with Crippen LogP contribution in [0.5, 0.6) is 0 Å². The Kier molecular flexibility index (Phi) is 5.34. The molecule has 108 valence electrons. The minimum atomic E-state index is 0.464. The molecule has 1 aromatic rings. The summed E-state index contributed by atoms with van der Waals surface area (Å²) in [6, 6.07) is 1.08. The molecule has 0 bridgehead atoms. The van der Waals surface area contributed by atoms with E-state index in [2.05, 4.69) is 46.0 Å². The van der Waals surface area contributed by atoms with Crippen molar-refractivity contribution in [1.29, 1.82) is 0 Å². The van der Waals surface area contributed by atoms with Gasteiger partial charge in [0.25, 0.3) is 0 Å². The fourth-order valence-electron chi connectivity index (χ4n) is 2.94. The monoisotopic (exact) mass is 265 g/mol. The molecule has 0 spiro atoms. The van der Waals surface area contributed by atoms with Gasteiger partial charge < -0.3 is 14.8 Å². The summed E-state index contributed by atoms with van der Waals surface area (Å²) in [5.74, 6) is 1.08. The van der Waals surface area contributed by atoms with Gasteiger partial charge in [0.2, 0.25) is 0 Å². The van der Waals surface area contributed by atoms with E-state index in [0.29, 0.717) is 12.1 Å². The smallest absolute Gasteiger partial charge is 0.147 e. The first-order chi connectivity index (χ1) is 9.16. The lowest BCUT2D eigenvalue weighted by Crippen LogP contribution is -2.36. The molecule has 0 radical (unpaired) electrons. The van der Waals surface area contributed by atoms with Gasteiger partial charge in [-0.3, -0.25) is 0 Å². The molecular formula is C14H27N5. The van der Waals surface area contributed by atoms with Crippen LogP contribution in [0.25, 0.3) is 0 Å². The predicted molar refractivity (Wildman–Crippen MR) is 77.0 cm³/mol. The number of hydrogen-bond donors (Lipinski definition) is 1. The van der Waals surface area contributed by atoms with Crippen LogP contribution in [-0.4, -0.2) is 46.3 Å². The molecule has 1 atom stereocenters. The Morgan fingerprint density at radius 3 is 2.79 bits per heavy atom. The zero-order valence-electron chi connectivity index (χ0n) is 12.5. The molecule has 1 fully saturated rings. The van der Waals surface area contributed by atoms with E-state index in [0.717, 1.165) is 18.9 Å². The van der Waals surface area contributed by atoms with Crippen molar-refractivity contribution < 1.29 is 0 Å². The van der Waals surface area contributed by atoms with E-state index in [4.69, 9.17) is 0 Å². The van der Waals surface area contributed by atoms with Gasteiger partial charge in [0.15, 0.2) is 0 Å². The predicted octanol–water partition coefficient (Wildman–Crippen LogP) is 1.82. The summed E-state index contributed by atoms with van der Waals surface area (Å²) in [5.41, 5.74) is 0. The Bertz CT molecular complexity index is 368. The average Bonchev–Trinajstić information content (AvgIpc) is 2.85. The largest absolute Gasteiger partial charge is 0.313 e. The van der Waals surface area contributed by atoms with E-state index < -0.39 is 0 Å². The zero-order chi connectivity index (χ0) is 13.7. The van der Waals surface area contributed by atoms with Crippen LogP contribution in [0.3, 0.4) is 0 Å². The highest BCUT2D eigenvalue weighted by molar-refractivity contribution is 4.91. The summed E-state index contributed by atoms with van der Waals surface area (Å²) >= 11 is 0. The fraction of sp³-hybridized carbons (Fsp3) is 0.857. The van der Waals surface area contributed by atoms with Crippen molar-refractivity contribution in [3.8, 4) is 0 Å². The van der Waals surface area contributed by atoms with Crippen LogP contribution in [-0.2, 0) is 6.54 Å². The second-order valence-corrected chi connectivity index (χ2v) is 5.99. The molecule has 5 heteroatoms. The molecule has 0 amide bonds. The maximum absolute atomic E-state index is 4.28. The molecule has 0 aromatic carbocycles. The van der Waals surface area contributed by atoms with Gasteiger partial charge in [0, 0.05) is 18.6 Å². The molecule has 5 nitrogen and oxygen atoms in total. The van der Waals surface area contributed by atoms with Gasteiger partial charge in [0.1, 0.15) is 12.2 Å². The Morgan fingerprint density at radius 1 is 1.37 bits per heavy atom. The van der Waals surface area contributed by atoms with E-state index in [1.165, 1.54) is 32.1 Å². The summed E-state index contributed by atoms with van der Waals surface area (Å²) in [7, 11) is 4.20. The SMILES string of the molecule is CC(CN(C)C)NCc1nncn1C1CCCCC1. The second kappa shape index (κ2) is 7.01. The normalized spacial score (nSPS) is 18.9. The van der Waals surface area contributed by atoms with Crippen molar-refractivity contribution in [2.45, 2.75) is 57.7 Å². The third kappa shape index (κ3) is 4.28. The van der Waals surface area contributed by atoms with E-state index in [-0.39, 0.29) is 0 Å². The Hall–Kier alpha value is -0.940. The highest BCUT2D eigenvalue weighted by atomic mass is 15.3. The van der Waals surface area contributed by atoms with Gasteiger partial charge in [-0.05, 0) is 33.9 Å². The maximum Gasteiger partial charge on any atom is 0.147 e. The topological polar surface area (TPSA) is 46.0 Å². The first-order valence-corrected chi connectivity index (χ1v) is 7.43. The standard InChI is InChI=1S/C14H27N5/c1-12(10-18(2)3)15-9-14-17-16-11-19(14)13-7-5-4-6-8-13/h11-13,15H,4-10H2,1-3H3. The van der Waals surface area contributed by atoms with E-state index in [9.17, 15) is 0 Å². The summed E-state index contributed by atoms with van der Waals surface area (Å²) in [4.78, 5) is 2.20. The van der Waals surface area contributed by atoms with Gasteiger partial charge in [0.05, 0.1) is 6.54 Å². The van der Waals surface area contributed by atoms with Crippen LogP contribution in [0.15, 0.2) is 6.33 Å². The molecular weight excluding hydrogens is 238 g/mol. The van der Waals surface area contributed by atoms with Crippen molar-refractivity contribution in [1.82, 2.24) is 25.0 Å². The van der Waals surface area contributed by atoms with Crippen molar-refractivity contribution in [2.75, 3.05) is 20.6 Å². The van der Waals surface area contributed by atoms with Gasteiger partial charge in [-0.1, -0.05) is 19.3 Å². The molecule has 0 aliphatic heterocycles. The molecule has 1 aliphatic rings. The van der Waals surface area contributed by atoms with Gasteiger partial charge >= 0.3 is 0 Å². The maximum atomic E-state index is 4.28. The van der Waals surface area contributed by atoms with Crippen LogP contribution in [0.1, 0.15) is 50.9 Å². The molecule has 19 heavy (non-hydrogen) atoms. The minimum Gasteiger partial charge on any atom is -0.313 e. The number of aromatic nitrogens is 3. The number of likely N-dealkylation sites (N-methyl/N-ethyl adjacent to an activating group) is 1. The van der Waals surface area contributed by atoms with Crippen molar-refractivity contribution in [3.63, 3.8) is 0 Å². The molecule has 1 aromatic heterocycles. The van der Waals surface area contributed by atoms with Crippen LogP contribution in [0.4, 0.5) is 0 Å². The van der Waals surface area contributed by atoms with Crippen LogP contribution in [0, 0.1) is 0 Å². The first-order valence-electron chi connectivity index (χ1n) is 7.43. The number of nitrogens with zero attached hydrogens (tertiary/aromatic N) is 4. The number of nitrogens with one attached hydrogen (secondary N) is 1. The van der Waals surface area contributed by atoms with Gasteiger partial charge in [-0.15, -0.1) is 10.2 Å². The molecule has 1 unspecified atom stereocenters. The summed E-state index contributed by atoms with van der Waals surface area (Å²) in [6.45, 7) is 4.06. The van der Waals surface area contributed by atoms with Crippen LogP contribution < -0.4 is 5.32 Å². The third-order valence-corrected chi connectivity index (χ3v) is 3.86. The summed E-state index contributed by atoms with van der Waals surface area (Å²) < 4.78 is 2.29. The van der Waals surface area contributed by atoms with E-state index >= 15 is 0 Å². The lowest BCUT2D eigenvalue weighted by atomic mass is 9.95. The lowest BCUT2D eigenvalue weighted by Gasteiger charge is -2.24. The van der Waals surface area contributed by atoms with Crippen LogP contribution in [0.2, 0.25) is 0 Å². The fourth-order valence-corrected chi connectivity index (χ4v) is 2.94. The average molecular weight is 265 g/mol. The summed E-state index contributed by atoms with van der Waals surface area (Å²) in [6.07, 6.45) is 8.52. The lowest BCUT2D eigenvalue weighted by molar-refractivity contribution is 0.328. The van der Waals surface area contributed by atoms with Crippen molar-refractivity contribution >= 4 is 0 Å². The third-order valence-electron chi connectivity index (χ3n) is 3.86. The Balaban J connectivity index is 1.88. The van der Waals surface area contributed by atoms with Crippen molar-refractivity contribution in [2.24, 2.45) is 0 Å². The molecule has 1 saturated carbocycles. The zero-order valence-corrected chi connectivity index (χ0v) is 12.5. The molecule has 1 heterocycles. The van der Waals surface area contributed by atoms with E-state index in [1.54, 1.807) is 0 Å². The summed E-state index contributed by atoms with van der Waals surface area (Å²) in [5, 5.41) is 11.9. The Labute approximate surface area is 116 Å².